The molecule has 0 atom stereocenters. The summed E-state index contributed by atoms with van der Waals surface area (Å²) in [7, 11) is 0. The van der Waals surface area contributed by atoms with Crippen molar-refractivity contribution in [1.29, 1.82) is 0 Å². The van der Waals surface area contributed by atoms with Crippen LogP contribution in [0.2, 0.25) is 10.0 Å². The van der Waals surface area contributed by atoms with E-state index >= 15 is 0 Å². The molecule has 1 aliphatic rings. The Morgan fingerprint density at radius 2 is 1.62 bits per heavy atom. The first-order chi connectivity index (χ1) is 14.0. The lowest BCUT2D eigenvalue weighted by Gasteiger charge is -2.36. The quantitative estimate of drug-likeness (QED) is 0.664. The maximum atomic E-state index is 12.5. The molecule has 0 unspecified atom stereocenters. The third-order valence-corrected chi connectivity index (χ3v) is 5.54. The topological polar surface area (TPSA) is 68.4 Å². The lowest BCUT2D eigenvalue weighted by Crippen LogP contribution is -2.51. The Hall–Kier alpha value is -2.70. The summed E-state index contributed by atoms with van der Waals surface area (Å²) in [6.45, 7) is 2.68. The standard InChI is InChI=1S/C21H20Cl2N4O2/c22-15-3-5-17(6-4-15)26-7-9-27(10-8-26)20(28)13-24-21(29)19-11-14-1-2-16(23)12-18(14)25-19/h1-6,11-12,25H,7-10,13H2,(H,24,29). The predicted octanol–water partition coefficient (Wildman–Crippen LogP) is 3.55. The van der Waals surface area contributed by atoms with Gasteiger partial charge in [-0.2, -0.15) is 0 Å². The van der Waals surface area contributed by atoms with Gasteiger partial charge in [0.1, 0.15) is 5.69 Å². The third-order valence-electron chi connectivity index (χ3n) is 5.05. The highest BCUT2D eigenvalue weighted by Crippen LogP contribution is 2.21. The Balaban J connectivity index is 1.29. The molecule has 0 saturated carbocycles. The first-order valence-corrected chi connectivity index (χ1v) is 10.1. The van der Waals surface area contributed by atoms with Crippen molar-refractivity contribution in [2.24, 2.45) is 0 Å². The molecule has 1 aromatic heterocycles. The van der Waals surface area contributed by atoms with Crippen molar-refractivity contribution < 1.29 is 9.59 Å². The Morgan fingerprint density at radius 1 is 0.931 bits per heavy atom. The van der Waals surface area contributed by atoms with E-state index in [1.54, 1.807) is 23.1 Å². The van der Waals surface area contributed by atoms with E-state index in [0.717, 1.165) is 29.7 Å². The summed E-state index contributed by atoms with van der Waals surface area (Å²) >= 11 is 11.9. The van der Waals surface area contributed by atoms with Gasteiger partial charge in [-0.05, 0) is 42.5 Å². The van der Waals surface area contributed by atoms with Gasteiger partial charge in [0.25, 0.3) is 5.91 Å². The Bertz CT molecular complexity index is 1040. The van der Waals surface area contributed by atoms with Gasteiger partial charge in [0.15, 0.2) is 0 Å². The number of halogens is 2. The highest BCUT2D eigenvalue weighted by atomic mass is 35.5. The number of amides is 2. The number of aromatic amines is 1. The molecule has 0 bridgehead atoms. The summed E-state index contributed by atoms with van der Waals surface area (Å²) < 4.78 is 0. The van der Waals surface area contributed by atoms with Crippen LogP contribution in [0, 0.1) is 0 Å². The number of rotatable bonds is 4. The fourth-order valence-corrected chi connectivity index (χ4v) is 3.75. The van der Waals surface area contributed by atoms with E-state index in [2.05, 4.69) is 15.2 Å². The van der Waals surface area contributed by atoms with Crippen LogP contribution in [-0.4, -0.2) is 54.4 Å². The molecule has 1 saturated heterocycles. The number of nitrogens with zero attached hydrogens (tertiary/aromatic N) is 2. The molecule has 2 heterocycles. The van der Waals surface area contributed by atoms with Gasteiger partial charge < -0.3 is 20.1 Å². The fraction of sp³-hybridized carbons (Fsp3) is 0.238. The maximum Gasteiger partial charge on any atom is 0.268 e. The highest BCUT2D eigenvalue weighted by molar-refractivity contribution is 6.31. The molecule has 1 aliphatic heterocycles. The van der Waals surface area contributed by atoms with Gasteiger partial charge in [-0.25, -0.2) is 0 Å². The zero-order chi connectivity index (χ0) is 20.4. The average Bonchev–Trinajstić information content (AvgIpc) is 3.16. The van der Waals surface area contributed by atoms with Crippen molar-refractivity contribution in [1.82, 2.24) is 15.2 Å². The number of benzene rings is 2. The second-order valence-corrected chi connectivity index (χ2v) is 7.81. The van der Waals surface area contributed by atoms with Crippen LogP contribution < -0.4 is 10.2 Å². The van der Waals surface area contributed by atoms with Gasteiger partial charge in [-0.3, -0.25) is 9.59 Å². The third kappa shape index (κ3) is 4.49. The Labute approximate surface area is 178 Å². The minimum absolute atomic E-state index is 0.0318. The van der Waals surface area contributed by atoms with Gasteiger partial charge in [-0.1, -0.05) is 29.3 Å². The Kier molecular flexibility index (Phi) is 5.65. The molecule has 0 radical (unpaired) electrons. The van der Waals surface area contributed by atoms with E-state index in [1.165, 1.54) is 0 Å². The summed E-state index contributed by atoms with van der Waals surface area (Å²) in [5, 5.41) is 4.89. The van der Waals surface area contributed by atoms with Crippen molar-refractivity contribution in [3.63, 3.8) is 0 Å². The molecule has 0 aliphatic carbocycles. The van der Waals surface area contributed by atoms with E-state index in [1.807, 2.05) is 30.3 Å². The number of piperazine rings is 1. The Morgan fingerprint density at radius 3 is 2.34 bits per heavy atom. The van der Waals surface area contributed by atoms with Gasteiger partial charge in [-0.15, -0.1) is 0 Å². The molecule has 6 nitrogen and oxygen atoms in total. The summed E-state index contributed by atoms with van der Waals surface area (Å²) in [5.74, 6) is -0.404. The van der Waals surface area contributed by atoms with E-state index in [9.17, 15) is 9.59 Å². The molecular weight excluding hydrogens is 411 g/mol. The molecule has 2 N–H and O–H groups in total. The number of carbonyl (C=O) groups excluding carboxylic acids is 2. The molecule has 4 rings (SSSR count). The molecule has 2 aromatic carbocycles. The number of carbonyl (C=O) groups is 2. The lowest BCUT2D eigenvalue weighted by atomic mass is 10.2. The van der Waals surface area contributed by atoms with Crippen LogP contribution in [0.15, 0.2) is 48.5 Å². The molecule has 8 heteroatoms. The van der Waals surface area contributed by atoms with Crippen LogP contribution in [-0.2, 0) is 4.79 Å². The summed E-state index contributed by atoms with van der Waals surface area (Å²) in [5.41, 5.74) is 2.28. The lowest BCUT2D eigenvalue weighted by molar-refractivity contribution is -0.130. The molecule has 1 fully saturated rings. The van der Waals surface area contributed by atoms with Crippen LogP contribution in [0.5, 0.6) is 0 Å². The van der Waals surface area contributed by atoms with Crippen LogP contribution >= 0.6 is 23.2 Å². The molecule has 29 heavy (non-hydrogen) atoms. The van der Waals surface area contributed by atoms with Crippen molar-refractivity contribution in [3.8, 4) is 0 Å². The SMILES string of the molecule is O=C(NCC(=O)N1CCN(c2ccc(Cl)cc2)CC1)c1cc2ccc(Cl)cc2[nH]1. The number of H-pyrrole nitrogens is 1. The number of nitrogens with one attached hydrogen (secondary N) is 2. The predicted molar refractivity (Wildman–Crippen MR) is 116 cm³/mol. The number of aromatic nitrogens is 1. The van der Waals surface area contributed by atoms with E-state index in [0.29, 0.717) is 28.8 Å². The van der Waals surface area contributed by atoms with Crippen molar-refractivity contribution in [3.05, 3.63) is 64.3 Å². The minimum atomic E-state index is -0.314. The first-order valence-electron chi connectivity index (χ1n) is 9.34. The average molecular weight is 431 g/mol. The van der Waals surface area contributed by atoms with Crippen LogP contribution in [0.4, 0.5) is 5.69 Å². The number of fused-ring (bicyclic) bond motifs is 1. The summed E-state index contributed by atoms with van der Waals surface area (Å²) in [6, 6.07) is 14.8. The minimum Gasteiger partial charge on any atom is -0.368 e. The molecule has 3 aromatic rings. The van der Waals surface area contributed by atoms with E-state index < -0.39 is 0 Å². The normalized spacial score (nSPS) is 14.3. The smallest absolute Gasteiger partial charge is 0.268 e. The number of hydrogen-bond donors (Lipinski definition) is 2. The summed E-state index contributed by atoms with van der Waals surface area (Å²) in [4.78, 5) is 31.9. The van der Waals surface area contributed by atoms with E-state index in [-0.39, 0.29) is 18.4 Å². The zero-order valence-corrected chi connectivity index (χ0v) is 17.1. The molecule has 150 valence electrons. The second kappa shape index (κ2) is 8.35. The highest BCUT2D eigenvalue weighted by Gasteiger charge is 2.22. The fourth-order valence-electron chi connectivity index (χ4n) is 3.45. The van der Waals surface area contributed by atoms with Gasteiger partial charge in [0.05, 0.1) is 6.54 Å². The zero-order valence-electron chi connectivity index (χ0n) is 15.6. The molecule has 2 amide bonds. The van der Waals surface area contributed by atoms with Gasteiger partial charge >= 0.3 is 0 Å². The van der Waals surface area contributed by atoms with Crippen molar-refractivity contribution >= 4 is 51.6 Å². The first kappa shape index (κ1) is 19.6. The van der Waals surface area contributed by atoms with Crippen LogP contribution in [0.25, 0.3) is 10.9 Å². The summed E-state index contributed by atoms with van der Waals surface area (Å²) in [6.07, 6.45) is 0. The van der Waals surface area contributed by atoms with Crippen molar-refractivity contribution in [2.75, 3.05) is 37.6 Å². The largest absolute Gasteiger partial charge is 0.368 e. The second-order valence-electron chi connectivity index (χ2n) is 6.94. The monoisotopic (exact) mass is 430 g/mol. The maximum absolute atomic E-state index is 12.5. The number of anilines is 1. The molecular formula is C21H20Cl2N4O2. The van der Waals surface area contributed by atoms with Gasteiger partial charge in [0, 0.05) is 52.8 Å². The number of hydrogen-bond acceptors (Lipinski definition) is 3. The van der Waals surface area contributed by atoms with E-state index in [4.69, 9.17) is 23.2 Å². The van der Waals surface area contributed by atoms with Gasteiger partial charge in [0.2, 0.25) is 5.91 Å². The molecule has 0 spiro atoms. The van der Waals surface area contributed by atoms with Crippen molar-refractivity contribution in [2.45, 2.75) is 0 Å². The van der Waals surface area contributed by atoms with Crippen LogP contribution in [0.3, 0.4) is 0 Å². The van der Waals surface area contributed by atoms with Crippen LogP contribution in [0.1, 0.15) is 10.5 Å².